The van der Waals surface area contributed by atoms with Gasteiger partial charge in [-0.15, -0.1) is 0 Å². The predicted molar refractivity (Wildman–Crippen MR) is 61.9 cm³/mol. The second-order valence-corrected chi connectivity index (χ2v) is 5.05. The van der Waals surface area contributed by atoms with Crippen LogP contribution in [-0.2, 0) is 4.74 Å². The van der Waals surface area contributed by atoms with Gasteiger partial charge in [-0.05, 0) is 24.7 Å². The van der Waals surface area contributed by atoms with Crippen LogP contribution >= 0.6 is 0 Å². The lowest BCUT2D eigenvalue weighted by Gasteiger charge is -2.26. The van der Waals surface area contributed by atoms with Crippen LogP contribution in [0.15, 0.2) is 0 Å². The third-order valence-corrected chi connectivity index (χ3v) is 2.85. The fraction of sp³-hybridized carbons (Fsp3) is 1.00. The number of ether oxygens (including phenoxy) is 1. The van der Waals surface area contributed by atoms with Crippen molar-refractivity contribution in [2.24, 2.45) is 11.8 Å². The van der Waals surface area contributed by atoms with E-state index in [0.717, 1.165) is 26.2 Å². The minimum Gasteiger partial charge on any atom is -0.392 e. The molecule has 1 N–H and O–H groups in total. The van der Waals surface area contributed by atoms with Crippen LogP contribution in [0.5, 0.6) is 0 Å². The van der Waals surface area contributed by atoms with Gasteiger partial charge in [-0.2, -0.15) is 0 Å². The summed E-state index contributed by atoms with van der Waals surface area (Å²) in [5, 5.41) is 9.89. The molecule has 1 fully saturated rings. The van der Waals surface area contributed by atoms with Crippen LogP contribution in [0.2, 0.25) is 0 Å². The molecule has 0 aromatic rings. The molecular weight excluding hydrogens is 190 g/mol. The average molecular weight is 215 g/mol. The number of rotatable bonds is 8. The van der Waals surface area contributed by atoms with E-state index < -0.39 is 0 Å². The smallest absolute Gasteiger partial charge is 0.0695 e. The Bertz CT molecular complexity index is 169. The van der Waals surface area contributed by atoms with Gasteiger partial charge in [-0.3, -0.25) is 4.90 Å². The molecule has 90 valence electrons. The monoisotopic (exact) mass is 215 g/mol. The molecule has 1 aliphatic rings. The fourth-order valence-electron chi connectivity index (χ4n) is 1.89. The van der Waals surface area contributed by atoms with Gasteiger partial charge in [0.05, 0.1) is 12.7 Å². The largest absolute Gasteiger partial charge is 0.392 e. The Kier molecular flexibility index (Phi) is 5.58. The van der Waals surface area contributed by atoms with Crippen LogP contribution in [0, 0.1) is 11.8 Å². The molecule has 1 atom stereocenters. The molecule has 3 nitrogen and oxygen atoms in total. The van der Waals surface area contributed by atoms with Crippen molar-refractivity contribution < 1.29 is 9.84 Å². The van der Waals surface area contributed by atoms with Gasteiger partial charge >= 0.3 is 0 Å². The highest BCUT2D eigenvalue weighted by molar-refractivity contribution is 4.83. The van der Waals surface area contributed by atoms with E-state index in [1.807, 2.05) is 0 Å². The highest BCUT2D eigenvalue weighted by Gasteiger charge is 2.30. The van der Waals surface area contributed by atoms with Gasteiger partial charge in [-0.25, -0.2) is 0 Å². The van der Waals surface area contributed by atoms with Crippen molar-refractivity contribution in [2.45, 2.75) is 32.8 Å². The standard InChI is InChI=1S/C12H25NO2/c1-10(2)8-13(6-7-15-3)9-12(14)11-4-5-11/h10-12,14H,4-9H2,1-3H3. The maximum atomic E-state index is 9.89. The summed E-state index contributed by atoms with van der Waals surface area (Å²) in [6, 6.07) is 0. The summed E-state index contributed by atoms with van der Waals surface area (Å²) in [6.45, 7) is 7.97. The zero-order chi connectivity index (χ0) is 11.3. The molecule has 0 aromatic carbocycles. The van der Waals surface area contributed by atoms with E-state index in [9.17, 15) is 5.11 Å². The second kappa shape index (κ2) is 6.46. The average Bonchev–Trinajstić information content (AvgIpc) is 2.96. The molecule has 1 aliphatic carbocycles. The summed E-state index contributed by atoms with van der Waals surface area (Å²) in [4.78, 5) is 2.32. The van der Waals surface area contributed by atoms with Crippen molar-refractivity contribution in [1.82, 2.24) is 4.90 Å². The maximum Gasteiger partial charge on any atom is 0.0695 e. The Morgan fingerprint density at radius 2 is 2.00 bits per heavy atom. The van der Waals surface area contributed by atoms with E-state index in [2.05, 4.69) is 18.7 Å². The first-order chi connectivity index (χ1) is 7.13. The first kappa shape index (κ1) is 12.9. The molecule has 1 unspecified atom stereocenters. The van der Waals surface area contributed by atoms with E-state index in [1.54, 1.807) is 7.11 Å². The van der Waals surface area contributed by atoms with E-state index in [4.69, 9.17) is 4.74 Å². The highest BCUT2D eigenvalue weighted by atomic mass is 16.5. The lowest BCUT2D eigenvalue weighted by atomic mass is 10.1. The molecule has 0 amide bonds. The number of methoxy groups -OCH3 is 1. The Balaban J connectivity index is 2.25. The van der Waals surface area contributed by atoms with Crippen LogP contribution in [0.25, 0.3) is 0 Å². The third-order valence-electron chi connectivity index (χ3n) is 2.85. The van der Waals surface area contributed by atoms with Gasteiger partial charge in [0.15, 0.2) is 0 Å². The van der Waals surface area contributed by atoms with E-state index >= 15 is 0 Å². The van der Waals surface area contributed by atoms with Crippen LogP contribution < -0.4 is 0 Å². The van der Waals surface area contributed by atoms with Crippen LogP contribution in [0.3, 0.4) is 0 Å². The van der Waals surface area contributed by atoms with Crippen molar-refractivity contribution in [3.63, 3.8) is 0 Å². The van der Waals surface area contributed by atoms with Gasteiger partial charge in [0.25, 0.3) is 0 Å². The van der Waals surface area contributed by atoms with E-state index in [0.29, 0.717) is 11.8 Å². The minimum atomic E-state index is -0.124. The first-order valence-corrected chi connectivity index (χ1v) is 6.02. The maximum absolute atomic E-state index is 9.89. The Morgan fingerprint density at radius 1 is 1.33 bits per heavy atom. The van der Waals surface area contributed by atoms with Gasteiger partial charge in [-0.1, -0.05) is 13.8 Å². The highest BCUT2D eigenvalue weighted by Crippen LogP contribution is 2.32. The topological polar surface area (TPSA) is 32.7 Å². The predicted octanol–water partition coefficient (Wildman–Crippen LogP) is 1.36. The number of aliphatic hydroxyl groups excluding tert-OH is 1. The molecule has 15 heavy (non-hydrogen) atoms. The number of aliphatic hydroxyl groups is 1. The molecule has 1 rings (SSSR count). The zero-order valence-electron chi connectivity index (χ0n) is 10.3. The van der Waals surface area contributed by atoms with E-state index in [1.165, 1.54) is 12.8 Å². The summed E-state index contributed by atoms with van der Waals surface area (Å²) in [5.74, 6) is 1.22. The fourth-order valence-corrected chi connectivity index (χ4v) is 1.89. The normalized spacial score (nSPS) is 18.8. The second-order valence-electron chi connectivity index (χ2n) is 5.05. The Morgan fingerprint density at radius 3 is 2.47 bits per heavy atom. The van der Waals surface area contributed by atoms with Crippen molar-refractivity contribution in [3.8, 4) is 0 Å². The zero-order valence-corrected chi connectivity index (χ0v) is 10.3. The Labute approximate surface area is 93.4 Å². The SMILES string of the molecule is COCCN(CC(C)C)CC(O)C1CC1. The molecule has 0 radical (unpaired) electrons. The van der Waals surface area contributed by atoms with Crippen molar-refractivity contribution in [1.29, 1.82) is 0 Å². The molecule has 0 saturated heterocycles. The van der Waals surface area contributed by atoms with Crippen LogP contribution in [-0.4, -0.2) is 49.5 Å². The van der Waals surface area contributed by atoms with Gasteiger partial charge in [0, 0.05) is 26.7 Å². The van der Waals surface area contributed by atoms with Crippen LogP contribution in [0.1, 0.15) is 26.7 Å². The third kappa shape index (κ3) is 5.50. The van der Waals surface area contributed by atoms with Crippen molar-refractivity contribution in [2.75, 3.05) is 33.4 Å². The molecule has 0 spiro atoms. The summed E-state index contributed by atoms with van der Waals surface area (Å²) >= 11 is 0. The Hall–Kier alpha value is -0.120. The molecular formula is C12H25NO2. The first-order valence-electron chi connectivity index (χ1n) is 6.02. The molecule has 0 bridgehead atoms. The van der Waals surface area contributed by atoms with Crippen molar-refractivity contribution in [3.05, 3.63) is 0 Å². The minimum absolute atomic E-state index is 0.124. The van der Waals surface area contributed by atoms with Crippen LogP contribution in [0.4, 0.5) is 0 Å². The lowest BCUT2D eigenvalue weighted by Crippen LogP contribution is -2.38. The van der Waals surface area contributed by atoms with Gasteiger partial charge < -0.3 is 9.84 Å². The number of hydrogen-bond acceptors (Lipinski definition) is 3. The molecule has 0 aliphatic heterocycles. The number of hydrogen-bond donors (Lipinski definition) is 1. The van der Waals surface area contributed by atoms with Crippen molar-refractivity contribution >= 4 is 0 Å². The summed E-state index contributed by atoms with van der Waals surface area (Å²) in [7, 11) is 1.73. The van der Waals surface area contributed by atoms with E-state index in [-0.39, 0.29) is 6.10 Å². The van der Waals surface area contributed by atoms with Gasteiger partial charge in [0.2, 0.25) is 0 Å². The number of nitrogens with zero attached hydrogens (tertiary/aromatic N) is 1. The molecule has 1 saturated carbocycles. The molecule has 0 heterocycles. The quantitative estimate of drug-likeness (QED) is 0.663. The van der Waals surface area contributed by atoms with Gasteiger partial charge in [0.1, 0.15) is 0 Å². The summed E-state index contributed by atoms with van der Waals surface area (Å²) in [5.41, 5.74) is 0. The lowest BCUT2D eigenvalue weighted by molar-refractivity contribution is 0.0711. The molecule has 0 aromatic heterocycles. The summed E-state index contributed by atoms with van der Waals surface area (Å²) in [6.07, 6.45) is 2.29. The summed E-state index contributed by atoms with van der Waals surface area (Å²) < 4.78 is 5.09. The molecule has 3 heteroatoms.